The smallest absolute Gasteiger partial charge is 0.191 e. The molecule has 0 unspecified atom stereocenters. The van der Waals surface area contributed by atoms with E-state index in [4.69, 9.17) is 4.74 Å². The van der Waals surface area contributed by atoms with E-state index in [9.17, 15) is 0 Å². The minimum Gasteiger partial charge on any atom is -0.497 e. The van der Waals surface area contributed by atoms with Crippen LogP contribution >= 0.6 is 0 Å². The predicted molar refractivity (Wildman–Crippen MR) is 92.8 cm³/mol. The van der Waals surface area contributed by atoms with Crippen LogP contribution in [0.2, 0.25) is 0 Å². The third-order valence-corrected chi connectivity index (χ3v) is 4.49. The van der Waals surface area contributed by atoms with Crippen molar-refractivity contribution in [2.24, 2.45) is 4.99 Å². The zero-order valence-corrected chi connectivity index (χ0v) is 14.3. The van der Waals surface area contributed by atoms with Gasteiger partial charge in [0.1, 0.15) is 5.75 Å². The van der Waals surface area contributed by atoms with E-state index in [0.717, 1.165) is 18.3 Å². The van der Waals surface area contributed by atoms with Gasteiger partial charge in [0.25, 0.3) is 0 Å². The van der Waals surface area contributed by atoms with Gasteiger partial charge in [-0.3, -0.25) is 4.99 Å². The second kappa shape index (κ2) is 7.52. The van der Waals surface area contributed by atoms with Gasteiger partial charge in [-0.05, 0) is 30.5 Å². The molecule has 0 aromatic heterocycles. The fraction of sp³-hybridized carbons (Fsp3) is 0.611. The molecule has 0 aliphatic heterocycles. The van der Waals surface area contributed by atoms with Crippen LogP contribution in [0, 0.1) is 0 Å². The SMILES string of the molecule is CN=C(NCC(C)(C)c1ccc(OC)cc1)NC1CCCC1. The standard InChI is InChI=1S/C18H29N3O/c1-18(2,14-9-11-16(22-4)12-10-14)13-20-17(19-3)21-15-7-5-6-8-15/h9-12,15H,5-8,13H2,1-4H3,(H2,19,20,21). The number of hydrogen-bond donors (Lipinski definition) is 2. The molecule has 1 aliphatic rings. The topological polar surface area (TPSA) is 45.7 Å². The number of aliphatic imine (C=N–C) groups is 1. The molecule has 1 saturated carbocycles. The Labute approximate surface area is 134 Å². The Morgan fingerprint density at radius 3 is 2.41 bits per heavy atom. The number of methoxy groups -OCH3 is 1. The number of hydrogen-bond acceptors (Lipinski definition) is 2. The van der Waals surface area contributed by atoms with Gasteiger partial charge in [0.15, 0.2) is 5.96 Å². The summed E-state index contributed by atoms with van der Waals surface area (Å²) in [6, 6.07) is 8.88. The maximum Gasteiger partial charge on any atom is 0.191 e. The van der Waals surface area contributed by atoms with E-state index in [1.54, 1.807) is 7.11 Å². The molecule has 1 aromatic carbocycles. The maximum absolute atomic E-state index is 5.23. The highest BCUT2D eigenvalue weighted by Crippen LogP contribution is 2.24. The lowest BCUT2D eigenvalue weighted by Gasteiger charge is -2.27. The Kier molecular flexibility index (Phi) is 5.69. The van der Waals surface area contributed by atoms with Crippen LogP contribution in [0.15, 0.2) is 29.3 Å². The first kappa shape index (κ1) is 16.7. The van der Waals surface area contributed by atoms with Crippen LogP contribution in [-0.4, -0.2) is 32.7 Å². The molecular formula is C18H29N3O. The van der Waals surface area contributed by atoms with Crippen molar-refractivity contribution in [3.8, 4) is 5.75 Å². The average molecular weight is 303 g/mol. The van der Waals surface area contributed by atoms with Crippen molar-refractivity contribution in [2.45, 2.75) is 51.0 Å². The summed E-state index contributed by atoms with van der Waals surface area (Å²) < 4.78 is 5.23. The number of nitrogens with zero attached hydrogens (tertiary/aromatic N) is 1. The van der Waals surface area contributed by atoms with Crippen LogP contribution in [0.5, 0.6) is 5.75 Å². The first-order valence-electron chi connectivity index (χ1n) is 8.17. The minimum atomic E-state index is 0.0273. The number of nitrogens with one attached hydrogen (secondary N) is 2. The number of ether oxygens (including phenoxy) is 1. The molecule has 0 radical (unpaired) electrons. The second-order valence-electron chi connectivity index (χ2n) is 6.66. The first-order chi connectivity index (χ1) is 10.5. The molecule has 1 aromatic rings. The highest BCUT2D eigenvalue weighted by molar-refractivity contribution is 5.80. The van der Waals surface area contributed by atoms with Crippen molar-refractivity contribution in [2.75, 3.05) is 20.7 Å². The zero-order valence-electron chi connectivity index (χ0n) is 14.3. The molecule has 22 heavy (non-hydrogen) atoms. The molecule has 2 N–H and O–H groups in total. The van der Waals surface area contributed by atoms with E-state index < -0.39 is 0 Å². The van der Waals surface area contributed by atoms with Crippen LogP contribution < -0.4 is 15.4 Å². The second-order valence-corrected chi connectivity index (χ2v) is 6.66. The van der Waals surface area contributed by atoms with E-state index in [2.05, 4.69) is 41.6 Å². The molecule has 0 amide bonds. The molecule has 0 spiro atoms. The third kappa shape index (κ3) is 4.39. The van der Waals surface area contributed by atoms with Crippen LogP contribution in [-0.2, 0) is 5.41 Å². The van der Waals surface area contributed by atoms with E-state index >= 15 is 0 Å². The highest BCUT2D eigenvalue weighted by atomic mass is 16.5. The summed E-state index contributed by atoms with van der Waals surface area (Å²) in [7, 11) is 3.53. The fourth-order valence-electron chi connectivity index (χ4n) is 2.91. The van der Waals surface area contributed by atoms with Gasteiger partial charge in [-0.2, -0.15) is 0 Å². The zero-order chi connectivity index (χ0) is 16.0. The Bertz CT molecular complexity index is 488. The molecule has 4 nitrogen and oxygen atoms in total. The molecule has 0 bridgehead atoms. The normalized spacial score (nSPS) is 16.6. The van der Waals surface area contributed by atoms with Gasteiger partial charge < -0.3 is 15.4 Å². The van der Waals surface area contributed by atoms with E-state index in [1.165, 1.54) is 31.2 Å². The lowest BCUT2D eigenvalue weighted by molar-refractivity contribution is 0.414. The molecule has 2 rings (SSSR count). The van der Waals surface area contributed by atoms with Crippen molar-refractivity contribution in [3.05, 3.63) is 29.8 Å². The molecule has 1 fully saturated rings. The molecule has 0 saturated heterocycles. The van der Waals surface area contributed by atoms with Gasteiger partial charge in [0, 0.05) is 25.0 Å². The quantitative estimate of drug-likeness (QED) is 0.649. The third-order valence-electron chi connectivity index (χ3n) is 4.49. The lowest BCUT2D eigenvalue weighted by atomic mass is 9.84. The fourth-order valence-corrected chi connectivity index (χ4v) is 2.91. The Hall–Kier alpha value is -1.71. The molecule has 122 valence electrons. The van der Waals surface area contributed by atoms with Crippen LogP contribution in [0.3, 0.4) is 0 Å². The summed E-state index contributed by atoms with van der Waals surface area (Å²) in [5.41, 5.74) is 1.32. The summed E-state index contributed by atoms with van der Waals surface area (Å²) >= 11 is 0. The average Bonchev–Trinajstić information content (AvgIpc) is 3.04. The number of benzene rings is 1. The predicted octanol–water partition coefficient (Wildman–Crippen LogP) is 3.08. The van der Waals surface area contributed by atoms with Crippen molar-refractivity contribution in [1.82, 2.24) is 10.6 Å². The van der Waals surface area contributed by atoms with Gasteiger partial charge in [0.05, 0.1) is 7.11 Å². The first-order valence-corrected chi connectivity index (χ1v) is 8.17. The summed E-state index contributed by atoms with van der Waals surface area (Å²) in [6.45, 7) is 5.32. The molecule has 0 heterocycles. The van der Waals surface area contributed by atoms with Gasteiger partial charge in [0.2, 0.25) is 0 Å². The summed E-state index contributed by atoms with van der Waals surface area (Å²) in [5.74, 6) is 1.81. The Morgan fingerprint density at radius 1 is 1.23 bits per heavy atom. The Morgan fingerprint density at radius 2 is 1.86 bits per heavy atom. The van der Waals surface area contributed by atoms with Crippen molar-refractivity contribution in [1.29, 1.82) is 0 Å². The molecule has 0 atom stereocenters. The van der Waals surface area contributed by atoms with Crippen LogP contribution in [0.25, 0.3) is 0 Å². The summed E-state index contributed by atoms with van der Waals surface area (Å²) in [5, 5.41) is 7.00. The summed E-state index contributed by atoms with van der Waals surface area (Å²) in [4.78, 5) is 4.35. The van der Waals surface area contributed by atoms with Crippen molar-refractivity contribution >= 4 is 5.96 Å². The minimum absolute atomic E-state index is 0.0273. The van der Waals surface area contributed by atoms with Gasteiger partial charge in [-0.1, -0.05) is 38.8 Å². The maximum atomic E-state index is 5.23. The van der Waals surface area contributed by atoms with E-state index in [-0.39, 0.29) is 5.41 Å². The molecular weight excluding hydrogens is 274 g/mol. The lowest BCUT2D eigenvalue weighted by Crippen LogP contribution is -2.46. The largest absolute Gasteiger partial charge is 0.497 e. The number of rotatable bonds is 5. The summed E-state index contributed by atoms with van der Waals surface area (Å²) in [6.07, 6.45) is 5.16. The highest BCUT2D eigenvalue weighted by Gasteiger charge is 2.22. The number of guanidine groups is 1. The van der Waals surface area contributed by atoms with Gasteiger partial charge in [-0.15, -0.1) is 0 Å². The van der Waals surface area contributed by atoms with Gasteiger partial charge >= 0.3 is 0 Å². The molecule has 1 aliphatic carbocycles. The van der Waals surface area contributed by atoms with Crippen molar-refractivity contribution < 1.29 is 4.74 Å². The van der Waals surface area contributed by atoms with E-state index in [0.29, 0.717) is 6.04 Å². The van der Waals surface area contributed by atoms with Crippen LogP contribution in [0.4, 0.5) is 0 Å². The van der Waals surface area contributed by atoms with Crippen LogP contribution in [0.1, 0.15) is 45.1 Å². The monoisotopic (exact) mass is 303 g/mol. The molecule has 4 heteroatoms. The van der Waals surface area contributed by atoms with Gasteiger partial charge in [-0.25, -0.2) is 0 Å². The van der Waals surface area contributed by atoms with Crippen molar-refractivity contribution in [3.63, 3.8) is 0 Å². The Balaban J connectivity index is 1.91. The van der Waals surface area contributed by atoms with E-state index in [1.807, 2.05) is 19.2 Å².